The first-order valence-corrected chi connectivity index (χ1v) is 7.51. The maximum Gasteiger partial charge on any atom is 0.254 e. The molecule has 0 saturated carbocycles. The average molecular weight is 337 g/mol. The third-order valence-corrected chi connectivity index (χ3v) is 4.06. The molecule has 2 N–H and O–H groups in total. The molecule has 0 aromatic heterocycles. The molecule has 1 fully saturated rings. The van der Waals surface area contributed by atoms with Crippen LogP contribution >= 0.6 is 0 Å². The van der Waals surface area contributed by atoms with Crippen molar-refractivity contribution in [3.8, 4) is 5.75 Å². The first-order valence-electron chi connectivity index (χ1n) is 7.51. The lowest BCUT2D eigenvalue weighted by molar-refractivity contribution is -0.130. The first kappa shape index (κ1) is 17.7. The quantitative estimate of drug-likeness (QED) is 0.855. The summed E-state index contributed by atoms with van der Waals surface area (Å²) in [5.41, 5.74) is 5.52. The van der Waals surface area contributed by atoms with Gasteiger partial charge in [0.15, 0.2) is 11.6 Å². The van der Waals surface area contributed by atoms with Gasteiger partial charge in [-0.3, -0.25) is 14.4 Å². The summed E-state index contributed by atoms with van der Waals surface area (Å²) in [7, 11) is 1.34. The summed E-state index contributed by atoms with van der Waals surface area (Å²) in [5, 5.41) is 0. The fraction of sp³-hybridized carbons (Fsp3) is 0.438. The highest BCUT2D eigenvalue weighted by Crippen LogP contribution is 2.20. The lowest BCUT2D eigenvalue weighted by atomic mass is 10.1. The minimum atomic E-state index is -0.663. The van der Waals surface area contributed by atoms with Gasteiger partial charge in [-0.15, -0.1) is 0 Å². The Bertz CT molecular complexity index is 665. The second-order valence-electron chi connectivity index (χ2n) is 5.66. The lowest BCUT2D eigenvalue weighted by Crippen LogP contribution is -2.40. The summed E-state index contributed by atoms with van der Waals surface area (Å²) < 4.78 is 18.6. The van der Waals surface area contributed by atoms with Crippen LogP contribution in [-0.4, -0.2) is 60.8 Å². The Morgan fingerprint density at radius 1 is 1.21 bits per heavy atom. The second kappa shape index (κ2) is 7.29. The van der Waals surface area contributed by atoms with E-state index in [1.54, 1.807) is 0 Å². The van der Waals surface area contributed by atoms with Crippen LogP contribution in [0.3, 0.4) is 0 Å². The van der Waals surface area contributed by atoms with E-state index in [1.165, 1.54) is 36.0 Å². The van der Waals surface area contributed by atoms with Crippen LogP contribution in [0, 0.1) is 11.7 Å². The Hall–Kier alpha value is -2.64. The molecule has 7 nitrogen and oxygen atoms in total. The van der Waals surface area contributed by atoms with E-state index >= 15 is 0 Å². The number of amides is 3. The highest BCUT2D eigenvalue weighted by atomic mass is 19.1. The Labute approximate surface area is 139 Å². The summed E-state index contributed by atoms with van der Waals surface area (Å²) >= 11 is 0. The van der Waals surface area contributed by atoms with E-state index in [4.69, 9.17) is 10.5 Å². The molecule has 1 unspecified atom stereocenters. The number of hydrogen-bond donors (Lipinski definition) is 1. The van der Waals surface area contributed by atoms with Crippen LogP contribution in [0.5, 0.6) is 5.75 Å². The molecule has 0 bridgehead atoms. The summed E-state index contributed by atoms with van der Waals surface area (Å²) in [5.74, 6) is -2.46. The standard InChI is InChI=1S/C16H20FN3O4/c1-10(21)19-5-6-20(9-12(8-19)15(18)22)16(23)11-3-4-14(24-2)13(17)7-11/h3-4,7,12H,5-6,8-9H2,1-2H3,(H2,18,22). The van der Waals surface area contributed by atoms with E-state index in [0.29, 0.717) is 6.54 Å². The van der Waals surface area contributed by atoms with Crippen molar-refractivity contribution in [3.63, 3.8) is 0 Å². The zero-order valence-electron chi connectivity index (χ0n) is 13.6. The molecule has 1 aliphatic rings. The van der Waals surface area contributed by atoms with Crippen LogP contribution in [0.4, 0.5) is 4.39 Å². The molecule has 0 aliphatic carbocycles. The molecular weight excluding hydrogens is 317 g/mol. The maximum atomic E-state index is 13.8. The van der Waals surface area contributed by atoms with Gasteiger partial charge in [0.05, 0.1) is 13.0 Å². The van der Waals surface area contributed by atoms with Gasteiger partial charge in [0.1, 0.15) is 0 Å². The molecule has 1 saturated heterocycles. The number of nitrogens with two attached hydrogens (primary N) is 1. The number of halogens is 1. The van der Waals surface area contributed by atoms with E-state index in [-0.39, 0.29) is 36.9 Å². The maximum absolute atomic E-state index is 13.8. The minimum absolute atomic E-state index is 0.0418. The number of ether oxygens (including phenoxy) is 1. The molecule has 0 spiro atoms. The number of hydrogen-bond acceptors (Lipinski definition) is 4. The highest BCUT2D eigenvalue weighted by Gasteiger charge is 2.30. The molecule has 1 aliphatic heterocycles. The highest BCUT2D eigenvalue weighted by molar-refractivity contribution is 5.95. The smallest absolute Gasteiger partial charge is 0.254 e. The first-order chi connectivity index (χ1) is 11.3. The van der Waals surface area contributed by atoms with E-state index in [1.807, 2.05) is 0 Å². The van der Waals surface area contributed by atoms with Crippen LogP contribution in [-0.2, 0) is 9.59 Å². The second-order valence-corrected chi connectivity index (χ2v) is 5.66. The molecule has 1 heterocycles. The normalized spacial score (nSPS) is 18.0. The van der Waals surface area contributed by atoms with Gasteiger partial charge in [-0.1, -0.05) is 0 Å². The molecule has 1 aromatic rings. The van der Waals surface area contributed by atoms with Crippen molar-refractivity contribution in [3.05, 3.63) is 29.6 Å². The molecule has 1 atom stereocenters. The molecule has 8 heteroatoms. The van der Waals surface area contributed by atoms with Gasteiger partial charge in [-0.05, 0) is 18.2 Å². The zero-order chi connectivity index (χ0) is 17.9. The number of nitrogens with zero attached hydrogens (tertiary/aromatic N) is 2. The molecular formula is C16H20FN3O4. The summed E-state index contributed by atoms with van der Waals surface area (Å²) in [6.45, 7) is 2.20. The Morgan fingerprint density at radius 2 is 1.83 bits per heavy atom. The third-order valence-electron chi connectivity index (χ3n) is 4.06. The van der Waals surface area contributed by atoms with Gasteiger partial charge in [-0.25, -0.2) is 4.39 Å². The lowest BCUT2D eigenvalue weighted by Gasteiger charge is -2.22. The fourth-order valence-electron chi connectivity index (χ4n) is 2.65. The van der Waals surface area contributed by atoms with E-state index in [0.717, 1.165) is 6.07 Å². The van der Waals surface area contributed by atoms with Crippen molar-refractivity contribution < 1.29 is 23.5 Å². The topological polar surface area (TPSA) is 92.9 Å². The van der Waals surface area contributed by atoms with Crippen molar-refractivity contribution in [1.82, 2.24) is 9.80 Å². The number of methoxy groups -OCH3 is 1. The Kier molecular flexibility index (Phi) is 5.38. The number of carbonyl (C=O) groups is 3. The van der Waals surface area contributed by atoms with E-state index < -0.39 is 23.5 Å². The number of benzene rings is 1. The number of carbonyl (C=O) groups excluding carboxylic acids is 3. The molecule has 2 rings (SSSR count). The van der Waals surface area contributed by atoms with Gasteiger partial charge >= 0.3 is 0 Å². The van der Waals surface area contributed by atoms with Gasteiger partial charge in [0.25, 0.3) is 5.91 Å². The van der Waals surface area contributed by atoms with Crippen LogP contribution in [0.1, 0.15) is 17.3 Å². The molecule has 24 heavy (non-hydrogen) atoms. The predicted molar refractivity (Wildman–Crippen MR) is 83.8 cm³/mol. The SMILES string of the molecule is COc1ccc(C(=O)N2CCN(C(C)=O)CC(C(N)=O)C2)cc1F. The monoisotopic (exact) mass is 337 g/mol. The predicted octanol–water partition coefficient (Wildman–Crippen LogP) is 0.240. The van der Waals surface area contributed by atoms with Crippen LogP contribution in [0.15, 0.2) is 18.2 Å². The largest absolute Gasteiger partial charge is 0.494 e. The van der Waals surface area contributed by atoms with Gasteiger partial charge < -0.3 is 20.3 Å². The van der Waals surface area contributed by atoms with Gasteiger partial charge in [0.2, 0.25) is 11.8 Å². The van der Waals surface area contributed by atoms with Crippen LogP contribution in [0.25, 0.3) is 0 Å². The third kappa shape index (κ3) is 3.81. The van der Waals surface area contributed by atoms with Gasteiger partial charge in [0, 0.05) is 38.7 Å². The fourth-order valence-corrected chi connectivity index (χ4v) is 2.65. The zero-order valence-corrected chi connectivity index (χ0v) is 13.6. The number of rotatable bonds is 3. The molecule has 3 amide bonds. The van der Waals surface area contributed by atoms with Crippen molar-refractivity contribution >= 4 is 17.7 Å². The molecule has 130 valence electrons. The summed E-state index contributed by atoms with van der Waals surface area (Å²) in [4.78, 5) is 38.7. The van der Waals surface area contributed by atoms with Crippen molar-refractivity contribution in [2.45, 2.75) is 6.92 Å². The Morgan fingerprint density at radius 3 is 2.38 bits per heavy atom. The van der Waals surface area contributed by atoms with E-state index in [2.05, 4.69) is 0 Å². The van der Waals surface area contributed by atoms with E-state index in [9.17, 15) is 18.8 Å². The van der Waals surface area contributed by atoms with Crippen molar-refractivity contribution in [2.24, 2.45) is 11.7 Å². The average Bonchev–Trinajstić information content (AvgIpc) is 2.77. The van der Waals surface area contributed by atoms with Crippen molar-refractivity contribution in [1.29, 1.82) is 0 Å². The minimum Gasteiger partial charge on any atom is -0.494 e. The molecule has 0 radical (unpaired) electrons. The summed E-state index contributed by atoms with van der Waals surface area (Å²) in [6.07, 6.45) is 0. The van der Waals surface area contributed by atoms with Gasteiger partial charge in [-0.2, -0.15) is 0 Å². The van der Waals surface area contributed by atoms with Crippen molar-refractivity contribution in [2.75, 3.05) is 33.3 Å². The summed E-state index contributed by atoms with van der Waals surface area (Å²) in [6, 6.07) is 3.92. The number of primary amides is 1. The van der Waals surface area contributed by atoms with Crippen LogP contribution < -0.4 is 10.5 Å². The Balaban J connectivity index is 2.23. The molecule has 1 aromatic carbocycles. The van der Waals surface area contributed by atoms with Crippen LogP contribution in [0.2, 0.25) is 0 Å².